The number of anilines is 2. The van der Waals surface area contributed by atoms with Crippen LogP contribution in [0.15, 0.2) is 42.5 Å². The van der Waals surface area contributed by atoms with E-state index in [4.69, 9.17) is 0 Å². The summed E-state index contributed by atoms with van der Waals surface area (Å²) in [5.74, 6) is 1.21. The minimum atomic E-state index is -0.260. The molecule has 0 spiro atoms. The third-order valence-electron chi connectivity index (χ3n) is 4.25. The lowest BCUT2D eigenvalue weighted by molar-refractivity contribution is 0.102. The quantitative estimate of drug-likeness (QED) is 0.818. The summed E-state index contributed by atoms with van der Waals surface area (Å²) in [5, 5.41) is 14.2. The molecule has 1 amide bonds. The first-order chi connectivity index (χ1) is 11.6. The number of likely N-dealkylation sites (N-methyl/N-ethyl adjacent to an activating group) is 1. The first-order valence-electron chi connectivity index (χ1n) is 8.24. The van der Waals surface area contributed by atoms with E-state index < -0.39 is 0 Å². The average Bonchev–Trinajstić information content (AvgIpc) is 3.41. The minimum Gasteiger partial charge on any atom is -0.367 e. The van der Waals surface area contributed by atoms with Crippen molar-refractivity contribution in [3.63, 3.8) is 0 Å². The van der Waals surface area contributed by atoms with Gasteiger partial charge >= 0.3 is 0 Å². The molecule has 0 aliphatic heterocycles. The number of aromatic nitrogens is 2. The lowest BCUT2D eigenvalue weighted by atomic mass is 10.1. The van der Waals surface area contributed by atoms with E-state index in [0.717, 1.165) is 18.2 Å². The van der Waals surface area contributed by atoms with Crippen LogP contribution in [0.3, 0.4) is 0 Å². The van der Waals surface area contributed by atoms with E-state index in [9.17, 15) is 4.79 Å². The van der Waals surface area contributed by atoms with Gasteiger partial charge in [0.2, 0.25) is 0 Å². The van der Waals surface area contributed by atoms with Crippen molar-refractivity contribution in [2.75, 3.05) is 31.3 Å². The number of hydrogen-bond acceptors (Lipinski definition) is 5. The molecule has 1 aromatic carbocycles. The molecule has 126 valence electrons. The SMILES string of the molecule is CN(C)[C@H](CNc1ccc(C(=O)Nc2ccccc2)nn1)C1CC1. The Morgan fingerprint density at radius 1 is 1.17 bits per heavy atom. The smallest absolute Gasteiger partial charge is 0.276 e. The summed E-state index contributed by atoms with van der Waals surface area (Å²) >= 11 is 0. The largest absolute Gasteiger partial charge is 0.367 e. The summed E-state index contributed by atoms with van der Waals surface area (Å²) in [6, 6.07) is 13.3. The van der Waals surface area contributed by atoms with Crippen LogP contribution in [0.1, 0.15) is 23.3 Å². The third-order valence-corrected chi connectivity index (χ3v) is 4.25. The normalized spacial score (nSPS) is 15.1. The summed E-state index contributed by atoms with van der Waals surface area (Å²) in [7, 11) is 4.21. The molecule has 6 nitrogen and oxygen atoms in total. The van der Waals surface area contributed by atoms with Gasteiger partial charge < -0.3 is 15.5 Å². The molecule has 1 saturated carbocycles. The number of benzene rings is 1. The molecule has 1 aliphatic carbocycles. The molecule has 2 aromatic rings. The fourth-order valence-corrected chi connectivity index (χ4v) is 2.73. The van der Waals surface area contributed by atoms with Crippen LogP contribution in [0, 0.1) is 5.92 Å². The summed E-state index contributed by atoms with van der Waals surface area (Å²) in [5.41, 5.74) is 1.04. The van der Waals surface area contributed by atoms with Crippen LogP contribution in [-0.2, 0) is 0 Å². The molecule has 1 heterocycles. The number of hydrogen-bond donors (Lipinski definition) is 2. The van der Waals surface area contributed by atoms with Gasteiger partial charge in [-0.15, -0.1) is 10.2 Å². The van der Waals surface area contributed by atoms with Crippen LogP contribution in [0.2, 0.25) is 0 Å². The number of para-hydroxylation sites is 1. The van der Waals surface area contributed by atoms with Gasteiger partial charge in [0.15, 0.2) is 5.69 Å². The van der Waals surface area contributed by atoms with E-state index in [0.29, 0.717) is 17.6 Å². The van der Waals surface area contributed by atoms with Crippen LogP contribution in [0.5, 0.6) is 0 Å². The van der Waals surface area contributed by atoms with E-state index in [-0.39, 0.29) is 5.91 Å². The predicted octanol–water partition coefficient (Wildman–Crippen LogP) is 2.48. The lowest BCUT2D eigenvalue weighted by Crippen LogP contribution is -2.36. The van der Waals surface area contributed by atoms with Crippen LogP contribution in [0.4, 0.5) is 11.5 Å². The zero-order chi connectivity index (χ0) is 16.9. The molecule has 1 aliphatic rings. The Kier molecular flexibility index (Phi) is 5.05. The Labute approximate surface area is 142 Å². The second-order valence-electron chi connectivity index (χ2n) is 6.37. The van der Waals surface area contributed by atoms with Crippen LogP contribution >= 0.6 is 0 Å². The van der Waals surface area contributed by atoms with Gasteiger partial charge in [0, 0.05) is 18.3 Å². The van der Waals surface area contributed by atoms with Crippen molar-refractivity contribution >= 4 is 17.4 Å². The van der Waals surface area contributed by atoms with Crippen molar-refractivity contribution in [3.05, 3.63) is 48.2 Å². The van der Waals surface area contributed by atoms with Crippen LogP contribution in [0.25, 0.3) is 0 Å². The average molecular weight is 325 g/mol. The molecule has 6 heteroatoms. The van der Waals surface area contributed by atoms with Gasteiger partial charge in [0.25, 0.3) is 5.91 Å². The Bertz CT molecular complexity index is 666. The first-order valence-corrected chi connectivity index (χ1v) is 8.24. The molecule has 3 rings (SSSR count). The van der Waals surface area contributed by atoms with E-state index in [1.807, 2.05) is 30.3 Å². The summed E-state index contributed by atoms with van der Waals surface area (Å²) in [6.45, 7) is 0.835. The molecule has 1 atom stereocenters. The van der Waals surface area contributed by atoms with E-state index in [2.05, 4.69) is 39.8 Å². The maximum Gasteiger partial charge on any atom is 0.276 e. The van der Waals surface area contributed by atoms with Gasteiger partial charge in [-0.2, -0.15) is 0 Å². The van der Waals surface area contributed by atoms with Gasteiger partial charge in [-0.1, -0.05) is 18.2 Å². The van der Waals surface area contributed by atoms with Gasteiger partial charge in [0.05, 0.1) is 0 Å². The van der Waals surface area contributed by atoms with Crippen molar-refractivity contribution in [2.45, 2.75) is 18.9 Å². The predicted molar refractivity (Wildman–Crippen MR) is 95.1 cm³/mol. The summed E-state index contributed by atoms with van der Waals surface area (Å²) in [6.07, 6.45) is 2.60. The summed E-state index contributed by atoms with van der Waals surface area (Å²) in [4.78, 5) is 14.4. The number of rotatable bonds is 7. The minimum absolute atomic E-state index is 0.260. The molecule has 0 radical (unpaired) electrons. The second-order valence-corrected chi connectivity index (χ2v) is 6.37. The van der Waals surface area contributed by atoms with E-state index in [1.165, 1.54) is 12.8 Å². The van der Waals surface area contributed by atoms with Crippen LogP contribution < -0.4 is 10.6 Å². The monoisotopic (exact) mass is 325 g/mol. The maximum atomic E-state index is 12.1. The van der Waals surface area contributed by atoms with Gasteiger partial charge in [-0.3, -0.25) is 4.79 Å². The standard InChI is InChI=1S/C18H23N5O/c1-23(2)16(13-8-9-13)12-19-17-11-10-15(21-22-17)18(24)20-14-6-4-3-5-7-14/h3-7,10-11,13,16H,8-9,12H2,1-2H3,(H,19,22)(H,20,24)/t16-/m1/s1. The van der Waals surface area contributed by atoms with Gasteiger partial charge in [-0.25, -0.2) is 0 Å². The molecule has 0 saturated heterocycles. The molecule has 2 N–H and O–H groups in total. The molecular formula is C18H23N5O. The van der Waals surface area contributed by atoms with E-state index in [1.54, 1.807) is 12.1 Å². The zero-order valence-corrected chi connectivity index (χ0v) is 14.1. The van der Waals surface area contributed by atoms with Gasteiger partial charge in [-0.05, 0) is 57.1 Å². The number of carbonyl (C=O) groups excluding carboxylic acids is 1. The molecule has 0 bridgehead atoms. The Hall–Kier alpha value is -2.47. The third kappa shape index (κ3) is 4.29. The van der Waals surface area contributed by atoms with Crippen LogP contribution in [-0.4, -0.2) is 47.7 Å². The summed E-state index contributed by atoms with van der Waals surface area (Å²) < 4.78 is 0. The van der Waals surface area contributed by atoms with Gasteiger partial charge in [0.1, 0.15) is 5.82 Å². The molecule has 24 heavy (non-hydrogen) atoms. The molecule has 1 aromatic heterocycles. The van der Waals surface area contributed by atoms with Crippen molar-refractivity contribution in [2.24, 2.45) is 5.92 Å². The van der Waals surface area contributed by atoms with Crippen molar-refractivity contribution in [1.82, 2.24) is 15.1 Å². The highest BCUT2D eigenvalue weighted by atomic mass is 16.1. The Morgan fingerprint density at radius 2 is 1.92 bits per heavy atom. The first kappa shape index (κ1) is 16.4. The van der Waals surface area contributed by atoms with E-state index >= 15 is 0 Å². The maximum absolute atomic E-state index is 12.1. The fourth-order valence-electron chi connectivity index (χ4n) is 2.73. The lowest BCUT2D eigenvalue weighted by Gasteiger charge is -2.24. The Morgan fingerprint density at radius 3 is 2.50 bits per heavy atom. The molecule has 1 fully saturated rings. The number of nitrogens with one attached hydrogen (secondary N) is 2. The highest BCUT2D eigenvalue weighted by Gasteiger charge is 2.32. The van der Waals surface area contributed by atoms with Crippen molar-refractivity contribution in [1.29, 1.82) is 0 Å². The molecule has 0 unspecified atom stereocenters. The number of nitrogens with zero attached hydrogens (tertiary/aromatic N) is 3. The number of carbonyl (C=O) groups is 1. The fraction of sp³-hybridized carbons (Fsp3) is 0.389. The topological polar surface area (TPSA) is 70.2 Å². The number of amides is 1. The highest BCUT2D eigenvalue weighted by molar-refractivity contribution is 6.02. The van der Waals surface area contributed by atoms with Crippen molar-refractivity contribution in [3.8, 4) is 0 Å². The zero-order valence-electron chi connectivity index (χ0n) is 14.1. The highest BCUT2D eigenvalue weighted by Crippen LogP contribution is 2.34. The second kappa shape index (κ2) is 7.40. The Balaban J connectivity index is 1.55. The molecular weight excluding hydrogens is 302 g/mol. The van der Waals surface area contributed by atoms with Crippen molar-refractivity contribution < 1.29 is 4.79 Å².